The molecule has 0 aliphatic heterocycles. The summed E-state index contributed by atoms with van der Waals surface area (Å²) in [5.74, 6) is -0.822. The molecule has 0 spiro atoms. The maximum absolute atomic E-state index is 11.5. The smallest absolute Gasteiger partial charge is 0.212 e. The molecular formula is C30H27N5O6. The van der Waals surface area contributed by atoms with E-state index in [4.69, 9.17) is 5.73 Å². The number of carbonyl (C=O) groups excluding carboxylic acids is 2. The Bertz CT molecular complexity index is 1670. The summed E-state index contributed by atoms with van der Waals surface area (Å²) in [6.07, 6.45) is 1.65. The third-order valence-corrected chi connectivity index (χ3v) is 7.01. The first-order valence-electron chi connectivity index (χ1n) is 12.7. The van der Waals surface area contributed by atoms with Crippen molar-refractivity contribution in [1.29, 1.82) is 0 Å². The van der Waals surface area contributed by atoms with Gasteiger partial charge in [-0.2, -0.15) is 0 Å². The molecule has 2 aromatic heterocycles. The second-order valence-corrected chi connectivity index (χ2v) is 9.67. The van der Waals surface area contributed by atoms with Crippen molar-refractivity contribution in [3.63, 3.8) is 0 Å². The van der Waals surface area contributed by atoms with Crippen LogP contribution in [0.5, 0.6) is 23.0 Å². The molecule has 0 fully saturated rings. The first kappa shape index (κ1) is 27.0. The Labute approximate surface area is 233 Å². The van der Waals surface area contributed by atoms with Gasteiger partial charge in [0.2, 0.25) is 12.8 Å². The Morgan fingerprint density at radius 1 is 0.683 bits per heavy atom. The molecule has 41 heavy (non-hydrogen) atoms. The molecule has 0 atom stereocenters. The van der Waals surface area contributed by atoms with Crippen LogP contribution in [-0.4, -0.2) is 43.2 Å². The number of carbonyl (C=O) groups is 2. The third-order valence-electron chi connectivity index (χ3n) is 7.01. The van der Waals surface area contributed by atoms with E-state index >= 15 is 0 Å². The predicted octanol–water partition coefficient (Wildman–Crippen LogP) is 3.97. The predicted molar refractivity (Wildman–Crippen MR) is 155 cm³/mol. The number of nitrogens with zero attached hydrogens (tertiary/aromatic N) is 2. The number of rotatable bonds is 10. The average molecular weight is 554 g/mol. The van der Waals surface area contributed by atoms with Crippen LogP contribution in [0.3, 0.4) is 0 Å². The van der Waals surface area contributed by atoms with Gasteiger partial charge in [0.1, 0.15) is 45.7 Å². The van der Waals surface area contributed by atoms with Gasteiger partial charge in [0.05, 0.1) is 0 Å². The summed E-state index contributed by atoms with van der Waals surface area (Å²) >= 11 is 0. The van der Waals surface area contributed by atoms with Crippen molar-refractivity contribution in [2.75, 3.05) is 16.4 Å². The van der Waals surface area contributed by atoms with Crippen molar-refractivity contribution >= 4 is 51.9 Å². The van der Waals surface area contributed by atoms with Crippen molar-refractivity contribution in [2.45, 2.75) is 19.3 Å². The van der Waals surface area contributed by atoms with E-state index in [0.717, 1.165) is 5.56 Å². The van der Waals surface area contributed by atoms with E-state index in [1.54, 1.807) is 36.4 Å². The van der Waals surface area contributed by atoms with Gasteiger partial charge in [-0.05, 0) is 67.1 Å². The lowest BCUT2D eigenvalue weighted by atomic mass is 9.86. The zero-order chi connectivity index (χ0) is 29.1. The highest BCUT2D eigenvalue weighted by atomic mass is 16.3. The number of nitrogen functional groups attached to an aromatic ring is 1. The number of nitrogens with one attached hydrogen (secondary N) is 2. The minimum absolute atomic E-state index is 0.0748. The Morgan fingerprint density at radius 2 is 1.15 bits per heavy atom. The van der Waals surface area contributed by atoms with Crippen molar-refractivity contribution in [1.82, 2.24) is 9.97 Å². The van der Waals surface area contributed by atoms with Crippen LogP contribution < -0.4 is 16.4 Å². The Hall–Kier alpha value is -5.58. The number of anilines is 3. The number of nitrogens with two attached hydrogens (primary N) is 1. The molecule has 3 aromatic carbocycles. The van der Waals surface area contributed by atoms with Gasteiger partial charge in [-0.25, -0.2) is 9.97 Å². The van der Waals surface area contributed by atoms with Gasteiger partial charge in [0, 0.05) is 27.6 Å². The minimum Gasteiger partial charge on any atom is -0.507 e. The number of amides is 2. The lowest BCUT2D eigenvalue weighted by molar-refractivity contribution is -0.106. The van der Waals surface area contributed by atoms with Crippen LogP contribution >= 0.6 is 0 Å². The topological polar surface area (TPSA) is 191 Å². The number of hydrogen-bond acceptors (Lipinski definition) is 9. The Kier molecular flexibility index (Phi) is 7.42. The first-order chi connectivity index (χ1) is 19.8. The van der Waals surface area contributed by atoms with Gasteiger partial charge < -0.3 is 36.8 Å². The Balaban J connectivity index is 1.64. The SMILES string of the molecule is Nc1ccc(CC(Cc2c(NC=O)nc3c(O)cccc3c2O)Cc2c(NC=O)nc3c(O)cccc3c2O)cc1. The minimum atomic E-state index is -0.344. The molecule has 0 bridgehead atoms. The van der Waals surface area contributed by atoms with E-state index in [0.29, 0.717) is 46.8 Å². The van der Waals surface area contributed by atoms with E-state index in [-0.39, 0.29) is 64.4 Å². The molecule has 11 nitrogen and oxygen atoms in total. The molecule has 0 saturated carbocycles. The second kappa shape index (κ2) is 11.3. The molecule has 0 aliphatic carbocycles. The summed E-state index contributed by atoms with van der Waals surface area (Å²) in [5.41, 5.74) is 8.28. The van der Waals surface area contributed by atoms with E-state index in [1.807, 2.05) is 12.1 Å². The maximum Gasteiger partial charge on any atom is 0.212 e. The van der Waals surface area contributed by atoms with Crippen molar-refractivity contribution in [3.05, 3.63) is 77.4 Å². The van der Waals surface area contributed by atoms with E-state index in [1.165, 1.54) is 12.1 Å². The van der Waals surface area contributed by atoms with Gasteiger partial charge >= 0.3 is 0 Å². The summed E-state index contributed by atoms with van der Waals surface area (Å²) in [6, 6.07) is 16.5. The average Bonchev–Trinajstić information content (AvgIpc) is 2.95. The van der Waals surface area contributed by atoms with Gasteiger partial charge in [-0.3, -0.25) is 9.59 Å². The summed E-state index contributed by atoms with van der Waals surface area (Å²) < 4.78 is 0. The maximum atomic E-state index is 11.5. The van der Waals surface area contributed by atoms with Crippen LogP contribution in [0.4, 0.5) is 17.3 Å². The summed E-state index contributed by atoms with van der Waals surface area (Å²) in [4.78, 5) is 31.7. The standard InChI is InChI=1S/C30H27N5O6/c31-18-9-7-16(8-10-18)11-17(12-21-27(40)19-3-1-5-23(38)25(19)34-29(21)32-14-36)13-22-28(41)20-4-2-6-24(39)26(20)35-30(22)33-15-37/h1-10,14-15,17,38-39H,11-13,31H2,(H2,32,34,36,40)(H2,33,35,37,41). The fourth-order valence-electron chi connectivity index (χ4n) is 5.11. The number of phenols is 2. The number of phenolic OH excluding ortho intramolecular Hbond substituents is 2. The number of aromatic nitrogens is 2. The number of fused-ring (bicyclic) bond motifs is 2. The van der Waals surface area contributed by atoms with Gasteiger partial charge in [0.25, 0.3) is 0 Å². The van der Waals surface area contributed by atoms with Crippen molar-refractivity contribution in [3.8, 4) is 23.0 Å². The quantitative estimate of drug-likeness (QED) is 0.0990. The zero-order valence-electron chi connectivity index (χ0n) is 21.7. The highest BCUT2D eigenvalue weighted by Crippen LogP contribution is 2.41. The van der Waals surface area contributed by atoms with Crippen molar-refractivity contribution < 1.29 is 30.0 Å². The summed E-state index contributed by atoms with van der Waals surface area (Å²) in [6.45, 7) is 0. The molecule has 11 heteroatoms. The largest absolute Gasteiger partial charge is 0.507 e. The van der Waals surface area contributed by atoms with Gasteiger partial charge in [0.15, 0.2) is 0 Å². The molecule has 0 unspecified atom stereocenters. The van der Waals surface area contributed by atoms with Crippen LogP contribution in [0.1, 0.15) is 16.7 Å². The van der Waals surface area contributed by atoms with Gasteiger partial charge in [-0.1, -0.05) is 24.3 Å². The first-order valence-corrected chi connectivity index (χ1v) is 12.7. The lowest BCUT2D eigenvalue weighted by Crippen LogP contribution is -2.16. The third kappa shape index (κ3) is 5.33. The van der Waals surface area contributed by atoms with Crippen LogP contribution in [0, 0.1) is 5.92 Å². The summed E-state index contributed by atoms with van der Waals surface area (Å²) in [5, 5.41) is 48.8. The molecule has 5 aromatic rings. The monoisotopic (exact) mass is 553 g/mol. The molecule has 0 saturated heterocycles. The van der Waals surface area contributed by atoms with Crippen LogP contribution in [-0.2, 0) is 28.9 Å². The molecule has 208 valence electrons. The number of pyridine rings is 2. The van der Waals surface area contributed by atoms with Crippen LogP contribution in [0.15, 0.2) is 60.7 Å². The van der Waals surface area contributed by atoms with E-state index < -0.39 is 0 Å². The van der Waals surface area contributed by atoms with Crippen LogP contribution in [0.25, 0.3) is 21.8 Å². The molecule has 5 rings (SSSR count). The van der Waals surface area contributed by atoms with Crippen molar-refractivity contribution in [2.24, 2.45) is 5.92 Å². The fourth-order valence-corrected chi connectivity index (χ4v) is 5.11. The molecule has 2 amide bonds. The highest BCUT2D eigenvalue weighted by molar-refractivity contribution is 5.95. The second-order valence-electron chi connectivity index (χ2n) is 9.67. The highest BCUT2D eigenvalue weighted by Gasteiger charge is 2.25. The van der Waals surface area contributed by atoms with Crippen LogP contribution in [0.2, 0.25) is 0 Å². The zero-order valence-corrected chi connectivity index (χ0v) is 21.7. The molecule has 0 aliphatic rings. The number of aromatic hydroxyl groups is 4. The molecular weight excluding hydrogens is 526 g/mol. The number of para-hydroxylation sites is 2. The van der Waals surface area contributed by atoms with E-state index in [2.05, 4.69) is 20.6 Å². The molecule has 2 heterocycles. The van der Waals surface area contributed by atoms with E-state index in [9.17, 15) is 30.0 Å². The normalized spacial score (nSPS) is 11.1. The molecule has 8 N–H and O–H groups in total. The number of hydrogen-bond donors (Lipinski definition) is 7. The fraction of sp³-hybridized carbons (Fsp3) is 0.133. The van der Waals surface area contributed by atoms with Gasteiger partial charge in [-0.15, -0.1) is 0 Å². The lowest BCUT2D eigenvalue weighted by Gasteiger charge is -2.22. The number of benzene rings is 3. The Morgan fingerprint density at radius 3 is 1.59 bits per heavy atom. The summed E-state index contributed by atoms with van der Waals surface area (Å²) in [7, 11) is 0. The molecule has 0 radical (unpaired) electrons.